The topological polar surface area (TPSA) is 87.6 Å². The van der Waals surface area contributed by atoms with Gasteiger partial charge in [0.15, 0.2) is 0 Å². The van der Waals surface area contributed by atoms with Gasteiger partial charge in [0, 0.05) is 29.2 Å². The molecule has 0 aliphatic carbocycles. The number of anilines is 2. The summed E-state index contributed by atoms with van der Waals surface area (Å²) in [5.41, 5.74) is 1.50. The van der Waals surface area contributed by atoms with Crippen LogP contribution in [0.4, 0.5) is 11.5 Å². The summed E-state index contributed by atoms with van der Waals surface area (Å²) in [6.07, 6.45) is 2.28. The van der Waals surface area contributed by atoms with E-state index in [2.05, 4.69) is 27.1 Å². The fourth-order valence-electron chi connectivity index (χ4n) is 3.45. The molecule has 3 aromatic rings. The summed E-state index contributed by atoms with van der Waals surface area (Å²) in [7, 11) is -2.60. The Labute approximate surface area is 194 Å². The van der Waals surface area contributed by atoms with E-state index in [-0.39, 0.29) is 6.61 Å². The van der Waals surface area contributed by atoms with Crippen molar-refractivity contribution < 1.29 is 14.4 Å². The predicted octanol–water partition coefficient (Wildman–Crippen LogP) is 4.36. The highest BCUT2D eigenvalue weighted by atomic mass is 35.5. The van der Waals surface area contributed by atoms with E-state index in [9.17, 15) is 4.57 Å². The van der Waals surface area contributed by atoms with Crippen LogP contribution in [-0.2, 0) is 4.57 Å². The van der Waals surface area contributed by atoms with Crippen molar-refractivity contribution in [1.82, 2.24) is 14.9 Å². The third-order valence-corrected chi connectivity index (χ3v) is 6.87. The van der Waals surface area contributed by atoms with Crippen LogP contribution in [0.2, 0.25) is 5.02 Å². The van der Waals surface area contributed by atoms with Crippen molar-refractivity contribution in [3.63, 3.8) is 0 Å². The molecule has 7 nitrogen and oxygen atoms in total. The van der Waals surface area contributed by atoms with Crippen molar-refractivity contribution in [2.75, 3.05) is 51.5 Å². The maximum atomic E-state index is 13.0. The van der Waals surface area contributed by atoms with Gasteiger partial charge in [0.05, 0.1) is 24.0 Å². The van der Waals surface area contributed by atoms with Gasteiger partial charge >= 0.3 is 0 Å². The molecule has 9 heteroatoms. The van der Waals surface area contributed by atoms with Crippen LogP contribution in [-0.4, -0.2) is 66.2 Å². The maximum Gasteiger partial charge on any atom is 0.141 e. The fourth-order valence-corrected chi connectivity index (χ4v) is 4.73. The first kappa shape index (κ1) is 24.5. The van der Waals surface area contributed by atoms with E-state index in [0.29, 0.717) is 40.6 Å². The summed E-state index contributed by atoms with van der Waals surface area (Å²) in [4.78, 5) is 10.9. The Hall–Kier alpha value is -2.18. The molecule has 0 saturated carbocycles. The van der Waals surface area contributed by atoms with Crippen LogP contribution in [0.5, 0.6) is 5.75 Å². The molecule has 1 aromatic heterocycles. The number of rotatable bonds is 11. The number of hydrogen-bond acceptors (Lipinski definition) is 7. The third-order valence-electron chi connectivity index (χ3n) is 5.12. The van der Waals surface area contributed by atoms with Gasteiger partial charge in [-0.3, -0.25) is 0 Å². The van der Waals surface area contributed by atoms with Crippen LogP contribution >= 0.6 is 18.7 Å². The molecule has 3 rings (SSSR count). The van der Waals surface area contributed by atoms with Gasteiger partial charge in [-0.05, 0) is 56.6 Å². The van der Waals surface area contributed by atoms with Crippen molar-refractivity contribution >= 4 is 46.5 Å². The van der Waals surface area contributed by atoms with Gasteiger partial charge in [-0.15, -0.1) is 0 Å². The van der Waals surface area contributed by atoms with Crippen molar-refractivity contribution in [2.24, 2.45) is 0 Å². The minimum absolute atomic E-state index is 0.140. The Morgan fingerprint density at radius 3 is 2.69 bits per heavy atom. The van der Waals surface area contributed by atoms with E-state index >= 15 is 0 Å². The van der Waals surface area contributed by atoms with Crippen LogP contribution < -0.4 is 15.4 Å². The molecule has 0 aliphatic rings. The highest BCUT2D eigenvalue weighted by Crippen LogP contribution is 2.40. The molecular formula is C23H30ClN4O3P. The SMILES string of the molecule is CCN(CCO)CCCOc1cc2c(Nc3cccc(Cl)c3)ncnc2cc1P(C)(C)=O. The molecule has 0 unspecified atom stereocenters. The molecule has 0 saturated heterocycles. The summed E-state index contributed by atoms with van der Waals surface area (Å²) in [5.74, 6) is 1.20. The van der Waals surface area contributed by atoms with Crippen molar-refractivity contribution in [1.29, 1.82) is 0 Å². The Morgan fingerprint density at radius 2 is 2.00 bits per heavy atom. The lowest BCUT2D eigenvalue weighted by molar-refractivity contribution is 0.189. The van der Waals surface area contributed by atoms with E-state index < -0.39 is 7.14 Å². The highest BCUT2D eigenvalue weighted by molar-refractivity contribution is 7.70. The molecule has 0 amide bonds. The van der Waals surface area contributed by atoms with Gasteiger partial charge in [-0.1, -0.05) is 24.6 Å². The first-order valence-corrected chi connectivity index (χ1v) is 13.6. The van der Waals surface area contributed by atoms with Crippen LogP contribution in [0.15, 0.2) is 42.7 Å². The number of benzene rings is 2. The molecule has 0 radical (unpaired) electrons. The van der Waals surface area contributed by atoms with Gasteiger partial charge in [0.25, 0.3) is 0 Å². The first-order chi connectivity index (χ1) is 15.3. The number of likely N-dealkylation sites (N-methyl/N-ethyl adjacent to an activating group) is 1. The van der Waals surface area contributed by atoms with E-state index in [1.165, 1.54) is 6.33 Å². The van der Waals surface area contributed by atoms with E-state index in [4.69, 9.17) is 21.4 Å². The molecule has 0 spiro atoms. The van der Waals surface area contributed by atoms with Crippen LogP contribution in [0, 0.1) is 0 Å². The molecule has 172 valence electrons. The van der Waals surface area contributed by atoms with Gasteiger partial charge in [-0.2, -0.15) is 0 Å². The monoisotopic (exact) mass is 476 g/mol. The second-order valence-corrected chi connectivity index (χ2v) is 11.5. The zero-order valence-electron chi connectivity index (χ0n) is 18.7. The van der Waals surface area contributed by atoms with Gasteiger partial charge in [0.2, 0.25) is 0 Å². The van der Waals surface area contributed by atoms with Crippen LogP contribution in [0.3, 0.4) is 0 Å². The average molecular weight is 477 g/mol. The minimum atomic E-state index is -2.60. The number of aromatic nitrogens is 2. The van der Waals surface area contributed by atoms with Gasteiger partial charge in [0.1, 0.15) is 25.0 Å². The largest absolute Gasteiger partial charge is 0.493 e. The molecule has 32 heavy (non-hydrogen) atoms. The quantitative estimate of drug-likeness (QED) is 0.314. The van der Waals surface area contributed by atoms with E-state index in [1.807, 2.05) is 36.4 Å². The lowest BCUT2D eigenvalue weighted by Crippen LogP contribution is -2.28. The standard InChI is InChI=1S/C23H30ClN4O3P/c1-4-28(10-11-29)9-6-12-31-21-14-19-20(15-22(21)32(2,3)30)25-16-26-23(19)27-18-8-5-7-17(24)13-18/h5,7-8,13-16,29H,4,6,9-12H2,1-3H3,(H,25,26,27). The van der Waals surface area contributed by atoms with E-state index in [0.717, 1.165) is 30.6 Å². The predicted molar refractivity (Wildman–Crippen MR) is 133 cm³/mol. The van der Waals surface area contributed by atoms with Crippen LogP contribution in [0.1, 0.15) is 13.3 Å². The number of aliphatic hydroxyl groups excluding tert-OH is 1. The zero-order valence-corrected chi connectivity index (χ0v) is 20.4. The van der Waals surface area contributed by atoms with Crippen LogP contribution in [0.25, 0.3) is 10.9 Å². The normalized spacial score (nSPS) is 11.8. The number of halogens is 1. The first-order valence-electron chi connectivity index (χ1n) is 10.6. The highest BCUT2D eigenvalue weighted by Gasteiger charge is 2.20. The maximum absolute atomic E-state index is 13.0. The van der Waals surface area contributed by atoms with Gasteiger partial charge < -0.3 is 24.6 Å². The molecule has 0 aliphatic heterocycles. The number of nitrogens with one attached hydrogen (secondary N) is 1. The number of hydrogen-bond donors (Lipinski definition) is 2. The zero-order chi connectivity index (χ0) is 23.1. The second-order valence-electron chi connectivity index (χ2n) is 7.91. The summed E-state index contributed by atoms with van der Waals surface area (Å²) in [5, 5.41) is 14.5. The molecule has 1 heterocycles. The lowest BCUT2D eigenvalue weighted by Gasteiger charge is -2.20. The molecule has 0 fully saturated rings. The Kier molecular flexibility index (Phi) is 8.49. The third kappa shape index (κ3) is 6.42. The van der Waals surface area contributed by atoms with Gasteiger partial charge in [-0.25, -0.2) is 9.97 Å². The van der Waals surface area contributed by atoms with Crippen molar-refractivity contribution in [3.05, 3.63) is 47.7 Å². The summed E-state index contributed by atoms with van der Waals surface area (Å²) < 4.78 is 19.1. The van der Waals surface area contributed by atoms with E-state index in [1.54, 1.807) is 13.3 Å². The Balaban J connectivity index is 1.88. The second kappa shape index (κ2) is 11.1. The molecule has 0 atom stereocenters. The lowest BCUT2D eigenvalue weighted by atomic mass is 10.2. The number of fused-ring (bicyclic) bond motifs is 1. The molecule has 0 bridgehead atoms. The number of aliphatic hydroxyl groups is 1. The Bertz CT molecular complexity index is 1110. The number of nitrogens with zero attached hydrogens (tertiary/aromatic N) is 3. The summed E-state index contributed by atoms with van der Waals surface area (Å²) >= 11 is 6.11. The summed E-state index contributed by atoms with van der Waals surface area (Å²) in [6.45, 7) is 8.48. The summed E-state index contributed by atoms with van der Waals surface area (Å²) in [6, 6.07) is 11.1. The fraction of sp³-hybridized carbons (Fsp3) is 0.391. The Morgan fingerprint density at radius 1 is 1.19 bits per heavy atom. The smallest absolute Gasteiger partial charge is 0.141 e. The van der Waals surface area contributed by atoms with Crippen molar-refractivity contribution in [3.8, 4) is 5.75 Å². The minimum Gasteiger partial charge on any atom is -0.493 e. The van der Waals surface area contributed by atoms with Crippen molar-refractivity contribution in [2.45, 2.75) is 13.3 Å². The molecule has 2 aromatic carbocycles. The molecule has 2 N–H and O–H groups in total. The average Bonchev–Trinajstić information content (AvgIpc) is 2.75. The molecular weight excluding hydrogens is 447 g/mol. The number of ether oxygens (including phenoxy) is 1.